The van der Waals surface area contributed by atoms with Gasteiger partial charge < -0.3 is 4.74 Å². The van der Waals surface area contributed by atoms with Crippen molar-refractivity contribution in [3.63, 3.8) is 0 Å². The minimum atomic E-state index is -0.503. The molecule has 1 aromatic rings. The zero-order valence-corrected chi connectivity index (χ0v) is 9.87. The highest BCUT2D eigenvalue weighted by molar-refractivity contribution is 7.99. The van der Waals surface area contributed by atoms with Gasteiger partial charge in [-0.25, -0.2) is 4.98 Å². The van der Waals surface area contributed by atoms with Crippen LogP contribution in [0.5, 0.6) is 0 Å². The average Bonchev–Trinajstić information content (AvgIpc) is 2.27. The summed E-state index contributed by atoms with van der Waals surface area (Å²) in [5.74, 6) is 0.414. The highest BCUT2D eigenvalue weighted by Crippen LogP contribution is 2.26. The van der Waals surface area contributed by atoms with Crippen LogP contribution in [0.3, 0.4) is 0 Å². The summed E-state index contributed by atoms with van der Waals surface area (Å²) in [6, 6.07) is 0. The molecule has 0 saturated carbocycles. The van der Waals surface area contributed by atoms with E-state index in [1.807, 2.05) is 13.8 Å². The summed E-state index contributed by atoms with van der Waals surface area (Å²) in [4.78, 5) is 19.4. The molecule has 1 aromatic heterocycles. The molecular weight excluding hydrogens is 212 g/mol. The number of ether oxygens (including phenoxy) is 1. The van der Waals surface area contributed by atoms with E-state index in [9.17, 15) is 4.79 Å². The molecule has 0 aliphatic carbocycles. The molecule has 0 bridgehead atoms. The molecule has 0 aromatic carbocycles. The first-order valence-electron chi connectivity index (χ1n) is 4.53. The van der Waals surface area contributed by atoms with Crippen molar-refractivity contribution in [2.75, 3.05) is 12.9 Å². The number of methoxy groups -OCH3 is 1. The zero-order valence-electron chi connectivity index (χ0n) is 9.06. The van der Waals surface area contributed by atoms with Gasteiger partial charge in [0, 0.05) is 18.1 Å². The van der Waals surface area contributed by atoms with E-state index in [1.54, 1.807) is 18.6 Å². The maximum absolute atomic E-state index is 11.4. The Morgan fingerprint density at radius 3 is 2.80 bits per heavy atom. The minimum absolute atomic E-state index is 0.209. The number of nitrogens with zero attached hydrogens (tertiary/aromatic N) is 2. The smallest absolute Gasteiger partial charge is 0.312 e. The lowest BCUT2D eigenvalue weighted by Gasteiger charge is -2.20. The Hall–Kier alpha value is -1.10. The van der Waals surface area contributed by atoms with E-state index in [0.29, 0.717) is 5.75 Å². The molecule has 0 amide bonds. The van der Waals surface area contributed by atoms with E-state index < -0.39 is 5.41 Å². The molecule has 0 fully saturated rings. The summed E-state index contributed by atoms with van der Waals surface area (Å²) in [5, 5.41) is 0.814. The lowest BCUT2D eigenvalue weighted by atomic mass is 9.97. The molecular formula is C10H14N2O2S. The van der Waals surface area contributed by atoms with Gasteiger partial charge in [-0.2, -0.15) is 0 Å². The van der Waals surface area contributed by atoms with Crippen molar-refractivity contribution in [2.24, 2.45) is 5.41 Å². The fourth-order valence-electron chi connectivity index (χ4n) is 0.950. The number of carbonyl (C=O) groups excluding carboxylic acids is 1. The summed E-state index contributed by atoms with van der Waals surface area (Å²) < 4.78 is 4.72. The van der Waals surface area contributed by atoms with Gasteiger partial charge in [0.15, 0.2) is 0 Å². The molecule has 0 unspecified atom stereocenters. The summed E-state index contributed by atoms with van der Waals surface area (Å²) >= 11 is 1.50. The maximum Gasteiger partial charge on any atom is 0.312 e. The molecule has 0 spiro atoms. The number of hydrogen-bond acceptors (Lipinski definition) is 5. The van der Waals surface area contributed by atoms with E-state index in [1.165, 1.54) is 18.9 Å². The highest BCUT2D eigenvalue weighted by Gasteiger charge is 2.28. The number of rotatable bonds is 4. The number of carbonyl (C=O) groups is 1. The van der Waals surface area contributed by atoms with Crippen molar-refractivity contribution in [1.82, 2.24) is 9.97 Å². The third-order valence-electron chi connectivity index (χ3n) is 1.86. The van der Waals surface area contributed by atoms with Gasteiger partial charge in [0.1, 0.15) is 5.03 Å². The normalized spacial score (nSPS) is 11.1. The minimum Gasteiger partial charge on any atom is -0.469 e. The van der Waals surface area contributed by atoms with Gasteiger partial charge in [-0.1, -0.05) is 0 Å². The number of aromatic nitrogens is 2. The fourth-order valence-corrected chi connectivity index (χ4v) is 1.85. The van der Waals surface area contributed by atoms with Crippen LogP contribution in [0.4, 0.5) is 0 Å². The summed E-state index contributed by atoms with van der Waals surface area (Å²) in [7, 11) is 1.40. The molecule has 1 rings (SSSR count). The molecule has 0 N–H and O–H groups in total. The summed E-state index contributed by atoms with van der Waals surface area (Å²) in [5.41, 5.74) is -0.503. The van der Waals surface area contributed by atoms with E-state index >= 15 is 0 Å². The number of hydrogen-bond donors (Lipinski definition) is 0. The molecule has 1 heterocycles. The van der Waals surface area contributed by atoms with Crippen LogP contribution in [-0.4, -0.2) is 28.8 Å². The molecule has 15 heavy (non-hydrogen) atoms. The number of esters is 1. The van der Waals surface area contributed by atoms with Crippen molar-refractivity contribution in [3.05, 3.63) is 18.6 Å². The van der Waals surface area contributed by atoms with E-state index in [0.717, 1.165) is 5.03 Å². The second kappa shape index (κ2) is 5.11. The third kappa shape index (κ3) is 3.51. The van der Waals surface area contributed by atoms with Crippen LogP contribution in [0, 0.1) is 5.41 Å². The third-order valence-corrected chi connectivity index (χ3v) is 3.23. The molecule has 0 radical (unpaired) electrons. The largest absolute Gasteiger partial charge is 0.469 e. The Balaban J connectivity index is 2.53. The molecule has 0 saturated heterocycles. The molecule has 0 atom stereocenters. The first-order chi connectivity index (χ1) is 7.06. The van der Waals surface area contributed by atoms with Crippen LogP contribution in [0.1, 0.15) is 13.8 Å². The Morgan fingerprint density at radius 1 is 1.53 bits per heavy atom. The van der Waals surface area contributed by atoms with Crippen molar-refractivity contribution >= 4 is 17.7 Å². The van der Waals surface area contributed by atoms with Gasteiger partial charge in [-0.05, 0) is 13.8 Å². The lowest BCUT2D eigenvalue weighted by molar-refractivity contribution is -0.149. The lowest BCUT2D eigenvalue weighted by Crippen LogP contribution is -2.28. The number of thioether (sulfide) groups is 1. The predicted molar refractivity (Wildman–Crippen MR) is 58.6 cm³/mol. The van der Waals surface area contributed by atoms with Gasteiger partial charge >= 0.3 is 5.97 Å². The first kappa shape index (κ1) is 12.0. The molecule has 4 nitrogen and oxygen atoms in total. The SMILES string of the molecule is COC(=O)C(C)(C)CSc1cnccn1. The Labute approximate surface area is 93.5 Å². The first-order valence-corrected chi connectivity index (χ1v) is 5.52. The summed E-state index contributed by atoms with van der Waals surface area (Å²) in [6.45, 7) is 3.70. The van der Waals surface area contributed by atoms with Gasteiger partial charge in [-0.15, -0.1) is 11.8 Å². The van der Waals surface area contributed by atoms with Crippen LogP contribution < -0.4 is 0 Å². The van der Waals surface area contributed by atoms with Crippen LogP contribution >= 0.6 is 11.8 Å². The van der Waals surface area contributed by atoms with E-state index in [2.05, 4.69) is 9.97 Å². The second-order valence-electron chi connectivity index (χ2n) is 3.71. The topological polar surface area (TPSA) is 52.1 Å². The molecule has 5 heteroatoms. The predicted octanol–water partition coefficient (Wildman–Crippen LogP) is 1.77. The molecule has 0 aliphatic heterocycles. The average molecular weight is 226 g/mol. The standard InChI is InChI=1S/C10H14N2O2S/c1-10(2,9(13)14-3)7-15-8-6-11-4-5-12-8/h4-6H,7H2,1-3H3. The van der Waals surface area contributed by atoms with Gasteiger partial charge in [-0.3, -0.25) is 9.78 Å². The van der Waals surface area contributed by atoms with Crippen molar-refractivity contribution in [2.45, 2.75) is 18.9 Å². The fraction of sp³-hybridized carbons (Fsp3) is 0.500. The Bertz CT molecular complexity index is 327. The van der Waals surface area contributed by atoms with Gasteiger partial charge in [0.05, 0.1) is 18.7 Å². The van der Waals surface area contributed by atoms with Crippen molar-refractivity contribution < 1.29 is 9.53 Å². The van der Waals surface area contributed by atoms with Gasteiger partial charge in [0.25, 0.3) is 0 Å². The second-order valence-corrected chi connectivity index (χ2v) is 4.70. The maximum atomic E-state index is 11.4. The van der Waals surface area contributed by atoms with Crippen LogP contribution in [0.15, 0.2) is 23.6 Å². The van der Waals surface area contributed by atoms with Crippen LogP contribution in [-0.2, 0) is 9.53 Å². The highest BCUT2D eigenvalue weighted by atomic mass is 32.2. The van der Waals surface area contributed by atoms with Crippen molar-refractivity contribution in [1.29, 1.82) is 0 Å². The summed E-state index contributed by atoms with van der Waals surface area (Å²) in [6.07, 6.45) is 4.93. The van der Waals surface area contributed by atoms with Crippen LogP contribution in [0.2, 0.25) is 0 Å². The van der Waals surface area contributed by atoms with E-state index in [-0.39, 0.29) is 5.97 Å². The monoisotopic (exact) mass is 226 g/mol. The van der Waals surface area contributed by atoms with Crippen LogP contribution in [0.25, 0.3) is 0 Å². The van der Waals surface area contributed by atoms with Gasteiger partial charge in [0.2, 0.25) is 0 Å². The Morgan fingerprint density at radius 2 is 2.27 bits per heavy atom. The molecule has 0 aliphatic rings. The van der Waals surface area contributed by atoms with E-state index in [4.69, 9.17) is 4.74 Å². The Kier molecular flexibility index (Phi) is 4.08. The quantitative estimate of drug-likeness (QED) is 0.578. The zero-order chi connectivity index (χ0) is 11.3. The van der Waals surface area contributed by atoms with Crippen molar-refractivity contribution in [3.8, 4) is 0 Å². The molecule has 82 valence electrons.